The molecule has 5 nitrogen and oxygen atoms in total. The molecule has 1 aliphatic carbocycles. The normalized spacial score (nSPS) is 10.8. The summed E-state index contributed by atoms with van der Waals surface area (Å²) in [5.41, 5.74) is 3.98. The molecule has 0 spiro atoms. The molecule has 22 heavy (non-hydrogen) atoms. The van der Waals surface area contributed by atoms with Crippen LogP contribution in [-0.2, 0) is 0 Å². The van der Waals surface area contributed by atoms with E-state index in [0.717, 1.165) is 16.7 Å². The second-order valence-corrected chi connectivity index (χ2v) is 4.81. The highest BCUT2D eigenvalue weighted by Gasteiger charge is 2.17. The first-order valence-electron chi connectivity index (χ1n) is 6.47. The molecule has 3 N–H and O–H groups in total. The SMILES string of the molecule is Cc1cccc(C(=O)c2cc3c(cc2O)C=C3)c1.O=C(O)O. The minimum Gasteiger partial charge on any atom is -0.507 e. The van der Waals surface area contributed by atoms with E-state index in [1.54, 1.807) is 18.2 Å². The molecule has 0 aliphatic heterocycles. The number of ketones is 1. The third-order valence-corrected chi connectivity index (χ3v) is 3.17. The Morgan fingerprint density at radius 1 is 0.955 bits per heavy atom. The molecule has 1 aliphatic rings. The number of aromatic hydroxyl groups is 1. The number of rotatable bonds is 2. The summed E-state index contributed by atoms with van der Waals surface area (Å²) in [6.07, 6.45) is 2.01. The lowest BCUT2D eigenvalue weighted by molar-refractivity contribution is 0.103. The first-order chi connectivity index (χ1) is 10.4. The molecule has 3 rings (SSSR count). The fourth-order valence-electron chi connectivity index (χ4n) is 2.12. The van der Waals surface area contributed by atoms with E-state index in [-0.39, 0.29) is 11.5 Å². The number of hydrogen-bond donors (Lipinski definition) is 3. The van der Waals surface area contributed by atoms with E-state index in [9.17, 15) is 9.90 Å². The van der Waals surface area contributed by atoms with Gasteiger partial charge in [-0.1, -0.05) is 35.9 Å². The first-order valence-corrected chi connectivity index (χ1v) is 6.47. The molecule has 0 atom stereocenters. The molecule has 112 valence electrons. The number of hydrogen-bond acceptors (Lipinski definition) is 3. The summed E-state index contributed by atoms with van der Waals surface area (Å²) in [4.78, 5) is 20.9. The molecule has 0 amide bonds. The number of carbonyl (C=O) groups excluding carboxylic acids is 1. The molecule has 0 fully saturated rings. The Morgan fingerprint density at radius 3 is 2.09 bits per heavy atom. The molecule has 2 aromatic carbocycles. The van der Waals surface area contributed by atoms with Gasteiger partial charge in [0.15, 0.2) is 5.78 Å². The van der Waals surface area contributed by atoms with E-state index in [1.807, 2.05) is 37.3 Å². The maximum atomic E-state index is 12.3. The van der Waals surface area contributed by atoms with Crippen molar-refractivity contribution < 1.29 is 24.9 Å². The number of phenolic OH excluding ortho intramolecular Hbond substituents is 1. The summed E-state index contributed by atoms with van der Waals surface area (Å²) in [6, 6.07) is 10.8. The topological polar surface area (TPSA) is 94.8 Å². The minimum absolute atomic E-state index is 0.0459. The first kappa shape index (κ1) is 15.3. The number of fused-ring (bicyclic) bond motifs is 1. The van der Waals surface area contributed by atoms with Crippen LogP contribution in [0.5, 0.6) is 5.75 Å². The summed E-state index contributed by atoms with van der Waals surface area (Å²) in [5.74, 6) is -0.0936. The van der Waals surface area contributed by atoms with Crippen LogP contribution >= 0.6 is 0 Å². The molecule has 0 radical (unpaired) electrons. The molecular formula is C17H14O5. The van der Waals surface area contributed by atoms with Gasteiger partial charge >= 0.3 is 6.16 Å². The van der Waals surface area contributed by atoms with Gasteiger partial charge in [-0.15, -0.1) is 0 Å². The standard InChI is InChI=1S/C16H12O2.CH2O3/c1-10-3-2-4-13(7-10)16(18)14-8-11-5-6-12(11)9-15(14)17;2-1(3)4/h2-9,17H,1H3;(H2,2,3,4). The van der Waals surface area contributed by atoms with Gasteiger partial charge in [0.05, 0.1) is 5.56 Å². The van der Waals surface area contributed by atoms with Gasteiger partial charge in [0.25, 0.3) is 0 Å². The molecular weight excluding hydrogens is 284 g/mol. The second-order valence-electron chi connectivity index (χ2n) is 4.81. The Balaban J connectivity index is 0.000000396. The lowest BCUT2D eigenvalue weighted by atomic mass is 9.91. The average molecular weight is 298 g/mol. The van der Waals surface area contributed by atoms with Gasteiger partial charge in [0.2, 0.25) is 0 Å². The van der Waals surface area contributed by atoms with Crippen LogP contribution in [0, 0.1) is 6.92 Å². The molecule has 5 heteroatoms. The average Bonchev–Trinajstić information content (AvgIpc) is 2.42. The van der Waals surface area contributed by atoms with Crippen LogP contribution in [-0.4, -0.2) is 27.3 Å². The predicted octanol–water partition coefficient (Wildman–Crippen LogP) is 3.64. The molecule has 0 bridgehead atoms. The monoisotopic (exact) mass is 298 g/mol. The summed E-state index contributed by atoms with van der Waals surface area (Å²) in [5, 5.41) is 23.8. The van der Waals surface area contributed by atoms with Crippen molar-refractivity contribution in [3.05, 3.63) is 64.2 Å². The Morgan fingerprint density at radius 2 is 1.55 bits per heavy atom. The van der Waals surface area contributed by atoms with Crippen molar-refractivity contribution in [1.82, 2.24) is 0 Å². The van der Waals surface area contributed by atoms with Crippen molar-refractivity contribution in [2.45, 2.75) is 6.92 Å². The largest absolute Gasteiger partial charge is 0.507 e. The van der Waals surface area contributed by atoms with Crippen LogP contribution in [0.15, 0.2) is 36.4 Å². The van der Waals surface area contributed by atoms with Crippen molar-refractivity contribution in [3.63, 3.8) is 0 Å². The lowest BCUT2D eigenvalue weighted by Gasteiger charge is -2.13. The van der Waals surface area contributed by atoms with Crippen LogP contribution in [0.4, 0.5) is 4.79 Å². The van der Waals surface area contributed by atoms with Crippen molar-refractivity contribution >= 4 is 24.1 Å². The Kier molecular flexibility index (Phi) is 4.27. The number of benzene rings is 2. The molecule has 0 unspecified atom stereocenters. The fraction of sp³-hybridized carbons (Fsp3) is 0.0588. The summed E-state index contributed by atoms with van der Waals surface area (Å²) in [7, 11) is 0. The van der Waals surface area contributed by atoms with Gasteiger partial charge in [-0.3, -0.25) is 4.79 Å². The fourth-order valence-corrected chi connectivity index (χ4v) is 2.12. The third kappa shape index (κ3) is 3.32. The minimum atomic E-state index is -1.83. The number of carbonyl (C=O) groups is 2. The van der Waals surface area contributed by atoms with E-state index in [4.69, 9.17) is 15.0 Å². The maximum Gasteiger partial charge on any atom is 0.503 e. The third-order valence-electron chi connectivity index (χ3n) is 3.17. The zero-order valence-corrected chi connectivity index (χ0v) is 11.8. The Bertz CT molecular complexity index is 771. The molecule has 0 aromatic heterocycles. The second kappa shape index (κ2) is 6.13. The van der Waals surface area contributed by atoms with E-state index in [1.165, 1.54) is 0 Å². The van der Waals surface area contributed by atoms with Crippen LogP contribution in [0.3, 0.4) is 0 Å². The summed E-state index contributed by atoms with van der Waals surface area (Å²) >= 11 is 0. The van der Waals surface area contributed by atoms with Gasteiger partial charge in [0.1, 0.15) is 5.75 Å². The van der Waals surface area contributed by atoms with Gasteiger partial charge in [-0.25, -0.2) is 4.79 Å². The van der Waals surface area contributed by atoms with Crippen LogP contribution < -0.4 is 0 Å². The maximum absolute atomic E-state index is 12.3. The quantitative estimate of drug-likeness (QED) is 0.628. The number of phenols is 1. The molecule has 0 saturated heterocycles. The highest BCUT2D eigenvalue weighted by molar-refractivity contribution is 6.11. The number of carboxylic acid groups (broad SMARTS) is 2. The highest BCUT2D eigenvalue weighted by Crippen LogP contribution is 2.31. The van der Waals surface area contributed by atoms with Crippen LogP contribution in [0.2, 0.25) is 0 Å². The van der Waals surface area contributed by atoms with E-state index >= 15 is 0 Å². The zero-order valence-electron chi connectivity index (χ0n) is 11.8. The zero-order chi connectivity index (χ0) is 16.3. The lowest BCUT2D eigenvalue weighted by Crippen LogP contribution is -2.04. The Hall–Kier alpha value is -3.08. The predicted molar refractivity (Wildman–Crippen MR) is 82.3 cm³/mol. The molecule has 0 saturated carbocycles. The van der Waals surface area contributed by atoms with Crippen molar-refractivity contribution in [1.29, 1.82) is 0 Å². The highest BCUT2D eigenvalue weighted by atomic mass is 16.6. The smallest absolute Gasteiger partial charge is 0.503 e. The van der Waals surface area contributed by atoms with Crippen molar-refractivity contribution in [2.24, 2.45) is 0 Å². The molecule has 0 heterocycles. The van der Waals surface area contributed by atoms with Gasteiger partial charge in [0, 0.05) is 5.56 Å². The van der Waals surface area contributed by atoms with Crippen LogP contribution in [0.1, 0.15) is 32.6 Å². The van der Waals surface area contributed by atoms with Crippen molar-refractivity contribution in [2.75, 3.05) is 0 Å². The van der Waals surface area contributed by atoms with E-state index < -0.39 is 6.16 Å². The summed E-state index contributed by atoms with van der Waals surface area (Å²) in [6.45, 7) is 1.94. The number of aryl methyl sites for hydroxylation is 1. The van der Waals surface area contributed by atoms with E-state index in [0.29, 0.717) is 11.1 Å². The molecule has 2 aromatic rings. The van der Waals surface area contributed by atoms with Crippen molar-refractivity contribution in [3.8, 4) is 5.75 Å². The van der Waals surface area contributed by atoms with Gasteiger partial charge in [-0.05, 0) is 36.2 Å². The van der Waals surface area contributed by atoms with Gasteiger partial charge < -0.3 is 15.3 Å². The summed E-state index contributed by atoms with van der Waals surface area (Å²) < 4.78 is 0. The van der Waals surface area contributed by atoms with Crippen LogP contribution in [0.25, 0.3) is 12.2 Å². The Labute approximate surface area is 126 Å². The van der Waals surface area contributed by atoms with E-state index in [2.05, 4.69) is 0 Å². The van der Waals surface area contributed by atoms with Gasteiger partial charge in [-0.2, -0.15) is 0 Å².